The molecule has 0 aromatic rings. The molecule has 1 N–H and O–H groups in total. The van der Waals surface area contributed by atoms with Crippen molar-refractivity contribution in [2.24, 2.45) is 5.41 Å². The number of nitrogens with zero attached hydrogens (tertiary/aromatic N) is 2. The lowest BCUT2D eigenvalue weighted by Crippen LogP contribution is -2.45. The third kappa shape index (κ3) is 2.83. The summed E-state index contributed by atoms with van der Waals surface area (Å²) in [6.07, 6.45) is 3.38. The Bertz CT molecular complexity index is 325. The van der Waals surface area contributed by atoms with Crippen LogP contribution in [0.3, 0.4) is 0 Å². The van der Waals surface area contributed by atoms with Gasteiger partial charge in [0.2, 0.25) is 11.8 Å². The first kappa shape index (κ1) is 13.3. The van der Waals surface area contributed by atoms with Gasteiger partial charge in [0.25, 0.3) is 0 Å². The molecule has 0 aromatic heterocycles. The second kappa shape index (κ2) is 5.26. The lowest BCUT2D eigenvalue weighted by Gasteiger charge is -2.38. The molecule has 0 unspecified atom stereocenters. The molecule has 2 heterocycles. The summed E-state index contributed by atoms with van der Waals surface area (Å²) in [5.41, 5.74) is 0.419. The van der Waals surface area contributed by atoms with E-state index in [2.05, 4.69) is 5.32 Å². The molecule has 0 radical (unpaired) electrons. The number of hydrogen-bond donors (Lipinski definition) is 1. The van der Waals surface area contributed by atoms with Crippen LogP contribution >= 0.6 is 0 Å². The average molecular weight is 253 g/mol. The first-order valence-electron chi connectivity index (χ1n) is 6.71. The maximum atomic E-state index is 12.0. The molecule has 2 saturated heterocycles. The van der Waals surface area contributed by atoms with Gasteiger partial charge in [0.1, 0.15) is 6.42 Å². The van der Waals surface area contributed by atoms with E-state index in [0.29, 0.717) is 5.41 Å². The third-order valence-electron chi connectivity index (χ3n) is 4.31. The van der Waals surface area contributed by atoms with Crippen LogP contribution in [-0.4, -0.2) is 61.9 Å². The van der Waals surface area contributed by atoms with Gasteiger partial charge in [-0.25, -0.2) is 0 Å². The maximum Gasteiger partial charge on any atom is 0.232 e. The van der Waals surface area contributed by atoms with E-state index >= 15 is 0 Å². The number of carbonyl (C=O) groups is 2. The Morgan fingerprint density at radius 2 is 1.89 bits per heavy atom. The van der Waals surface area contributed by atoms with Crippen molar-refractivity contribution in [3.63, 3.8) is 0 Å². The molecule has 102 valence electrons. The highest BCUT2D eigenvalue weighted by atomic mass is 16.2. The van der Waals surface area contributed by atoms with Crippen molar-refractivity contribution < 1.29 is 9.59 Å². The third-order valence-corrected chi connectivity index (χ3v) is 4.31. The van der Waals surface area contributed by atoms with E-state index in [9.17, 15) is 9.59 Å². The van der Waals surface area contributed by atoms with Gasteiger partial charge in [-0.1, -0.05) is 0 Å². The SMILES string of the molecule is CN(C)C(=O)CC(=O)N1CCC2(CCNC2)CC1. The van der Waals surface area contributed by atoms with E-state index in [4.69, 9.17) is 0 Å². The molecule has 2 aliphatic rings. The van der Waals surface area contributed by atoms with Crippen molar-refractivity contribution in [2.45, 2.75) is 25.7 Å². The van der Waals surface area contributed by atoms with Crippen LogP contribution in [0.4, 0.5) is 0 Å². The molecular weight excluding hydrogens is 230 g/mol. The zero-order valence-corrected chi connectivity index (χ0v) is 11.4. The van der Waals surface area contributed by atoms with Crippen LogP contribution < -0.4 is 5.32 Å². The summed E-state index contributed by atoms with van der Waals surface area (Å²) in [6, 6.07) is 0. The van der Waals surface area contributed by atoms with E-state index in [1.54, 1.807) is 14.1 Å². The number of nitrogens with one attached hydrogen (secondary N) is 1. The summed E-state index contributed by atoms with van der Waals surface area (Å²) in [5, 5.41) is 3.41. The number of rotatable bonds is 2. The van der Waals surface area contributed by atoms with Gasteiger partial charge in [0, 0.05) is 33.7 Å². The molecule has 2 fully saturated rings. The zero-order valence-electron chi connectivity index (χ0n) is 11.4. The Hall–Kier alpha value is -1.10. The standard InChI is InChI=1S/C13H23N3O2/c1-15(2)11(17)9-12(18)16-7-4-13(5-8-16)3-6-14-10-13/h14H,3-10H2,1-2H3. The van der Waals surface area contributed by atoms with Crippen molar-refractivity contribution >= 4 is 11.8 Å². The van der Waals surface area contributed by atoms with E-state index in [1.807, 2.05) is 4.90 Å². The van der Waals surface area contributed by atoms with Gasteiger partial charge in [-0.3, -0.25) is 9.59 Å². The van der Waals surface area contributed by atoms with Crippen LogP contribution in [0.25, 0.3) is 0 Å². The summed E-state index contributed by atoms with van der Waals surface area (Å²) in [4.78, 5) is 26.8. The summed E-state index contributed by atoms with van der Waals surface area (Å²) >= 11 is 0. The highest BCUT2D eigenvalue weighted by Crippen LogP contribution is 2.36. The minimum atomic E-state index is -0.109. The van der Waals surface area contributed by atoms with Gasteiger partial charge in [0.15, 0.2) is 0 Å². The van der Waals surface area contributed by atoms with Gasteiger partial charge < -0.3 is 15.1 Å². The topological polar surface area (TPSA) is 52.7 Å². The molecule has 0 aromatic carbocycles. The number of carbonyl (C=O) groups excluding carboxylic acids is 2. The van der Waals surface area contributed by atoms with Crippen LogP contribution in [0.1, 0.15) is 25.7 Å². The van der Waals surface area contributed by atoms with Crippen molar-refractivity contribution in [1.82, 2.24) is 15.1 Å². The fourth-order valence-corrected chi connectivity index (χ4v) is 2.85. The van der Waals surface area contributed by atoms with E-state index in [1.165, 1.54) is 11.3 Å². The average Bonchev–Trinajstić information content (AvgIpc) is 2.78. The largest absolute Gasteiger partial charge is 0.348 e. The zero-order chi connectivity index (χ0) is 13.2. The second-order valence-electron chi connectivity index (χ2n) is 5.77. The van der Waals surface area contributed by atoms with Crippen LogP contribution in [-0.2, 0) is 9.59 Å². The number of piperidine rings is 1. The molecule has 5 heteroatoms. The minimum absolute atomic E-state index is 0.0122. The molecule has 0 saturated carbocycles. The smallest absolute Gasteiger partial charge is 0.232 e. The van der Waals surface area contributed by atoms with E-state index in [0.717, 1.165) is 39.0 Å². The molecular formula is C13H23N3O2. The first-order chi connectivity index (χ1) is 8.52. The quantitative estimate of drug-likeness (QED) is 0.708. The first-order valence-corrected chi connectivity index (χ1v) is 6.71. The van der Waals surface area contributed by atoms with Gasteiger partial charge in [-0.2, -0.15) is 0 Å². The molecule has 1 spiro atoms. The van der Waals surface area contributed by atoms with Crippen molar-refractivity contribution in [3.8, 4) is 0 Å². The predicted octanol–water partition coefficient (Wildman–Crippen LogP) is 0.0668. The molecule has 0 aliphatic carbocycles. The summed E-state index contributed by atoms with van der Waals surface area (Å²) in [6.45, 7) is 3.81. The van der Waals surface area contributed by atoms with Gasteiger partial charge in [-0.05, 0) is 31.2 Å². The Balaban J connectivity index is 1.82. The summed E-state index contributed by atoms with van der Waals surface area (Å²) in [7, 11) is 3.37. The second-order valence-corrected chi connectivity index (χ2v) is 5.77. The van der Waals surface area contributed by atoms with Crippen LogP contribution in [0.2, 0.25) is 0 Å². The molecule has 2 aliphatic heterocycles. The van der Waals surface area contributed by atoms with E-state index < -0.39 is 0 Å². The fraction of sp³-hybridized carbons (Fsp3) is 0.846. The van der Waals surface area contributed by atoms with Crippen LogP contribution in [0, 0.1) is 5.41 Å². The van der Waals surface area contributed by atoms with Crippen molar-refractivity contribution in [2.75, 3.05) is 40.3 Å². The van der Waals surface area contributed by atoms with E-state index in [-0.39, 0.29) is 18.2 Å². The lowest BCUT2D eigenvalue weighted by atomic mass is 9.78. The van der Waals surface area contributed by atoms with Crippen LogP contribution in [0.15, 0.2) is 0 Å². The molecule has 2 amide bonds. The molecule has 18 heavy (non-hydrogen) atoms. The fourth-order valence-electron chi connectivity index (χ4n) is 2.85. The monoisotopic (exact) mass is 253 g/mol. The highest BCUT2D eigenvalue weighted by molar-refractivity contribution is 5.96. The highest BCUT2D eigenvalue weighted by Gasteiger charge is 2.38. The Kier molecular flexibility index (Phi) is 3.90. The maximum absolute atomic E-state index is 12.0. The molecule has 0 bridgehead atoms. The van der Waals surface area contributed by atoms with Gasteiger partial charge in [0.05, 0.1) is 0 Å². The summed E-state index contributed by atoms with van der Waals surface area (Å²) in [5.74, 6) is -0.127. The predicted molar refractivity (Wildman–Crippen MR) is 69.0 cm³/mol. The normalized spacial score (nSPS) is 22.2. The molecule has 0 atom stereocenters. The molecule has 2 rings (SSSR count). The minimum Gasteiger partial charge on any atom is -0.348 e. The number of amides is 2. The van der Waals surface area contributed by atoms with Crippen molar-refractivity contribution in [1.29, 1.82) is 0 Å². The van der Waals surface area contributed by atoms with Gasteiger partial charge in [-0.15, -0.1) is 0 Å². The van der Waals surface area contributed by atoms with Crippen molar-refractivity contribution in [3.05, 3.63) is 0 Å². The van der Waals surface area contributed by atoms with Crippen LogP contribution in [0.5, 0.6) is 0 Å². The van der Waals surface area contributed by atoms with Gasteiger partial charge >= 0.3 is 0 Å². The molecule has 5 nitrogen and oxygen atoms in total. The lowest BCUT2D eigenvalue weighted by molar-refractivity contribution is -0.140. The number of hydrogen-bond acceptors (Lipinski definition) is 3. The Morgan fingerprint density at radius 1 is 1.22 bits per heavy atom. The Labute approximate surface area is 108 Å². The Morgan fingerprint density at radius 3 is 2.39 bits per heavy atom. The number of likely N-dealkylation sites (tertiary alicyclic amines) is 1. The summed E-state index contributed by atoms with van der Waals surface area (Å²) < 4.78 is 0.